The van der Waals surface area contributed by atoms with Crippen molar-refractivity contribution in [3.05, 3.63) is 71.8 Å². The molecule has 3 rings (SSSR count). The minimum absolute atomic E-state index is 0.0783. The first-order valence-corrected chi connectivity index (χ1v) is 8.53. The molecule has 24 heavy (non-hydrogen) atoms. The summed E-state index contributed by atoms with van der Waals surface area (Å²) in [6, 6.07) is 19.9. The highest BCUT2D eigenvalue weighted by Gasteiger charge is 2.29. The fraction of sp³-hybridized carbons (Fsp3) is 0.350. The topological polar surface area (TPSA) is 35.6 Å². The first-order chi connectivity index (χ1) is 11.7. The number of hydrogen-bond acceptors (Lipinski definition) is 3. The number of carbonyl (C=O) groups is 1. The molecule has 1 N–H and O–H groups in total. The first kappa shape index (κ1) is 16.7. The van der Waals surface area contributed by atoms with Gasteiger partial charge in [0.1, 0.15) is 6.04 Å². The van der Waals surface area contributed by atoms with E-state index in [1.165, 1.54) is 0 Å². The van der Waals surface area contributed by atoms with Crippen LogP contribution in [-0.4, -0.2) is 48.9 Å². The van der Waals surface area contributed by atoms with Crippen molar-refractivity contribution in [3.8, 4) is 0 Å². The average molecular weight is 323 g/mol. The Hall–Kier alpha value is -2.17. The lowest BCUT2D eigenvalue weighted by atomic mass is 10.0. The van der Waals surface area contributed by atoms with E-state index in [2.05, 4.69) is 22.2 Å². The maximum Gasteiger partial charge on any atom is 0.242 e. The van der Waals surface area contributed by atoms with Crippen molar-refractivity contribution < 1.29 is 4.79 Å². The Bertz CT molecular complexity index is 636. The second kappa shape index (κ2) is 8.08. The molecule has 0 spiro atoms. The number of nitrogens with zero attached hydrogens (tertiary/aromatic N) is 2. The maximum atomic E-state index is 12.9. The largest absolute Gasteiger partial charge is 0.350 e. The molecule has 0 saturated carbocycles. The molecule has 1 fully saturated rings. The van der Waals surface area contributed by atoms with E-state index >= 15 is 0 Å². The van der Waals surface area contributed by atoms with Gasteiger partial charge >= 0.3 is 0 Å². The molecule has 1 saturated heterocycles. The zero-order valence-corrected chi connectivity index (χ0v) is 14.2. The summed E-state index contributed by atoms with van der Waals surface area (Å²) in [6.45, 7) is 4.38. The quantitative estimate of drug-likeness (QED) is 0.917. The van der Waals surface area contributed by atoms with Gasteiger partial charge in [-0.1, -0.05) is 60.7 Å². The number of amides is 1. The second-order valence-electron chi connectivity index (χ2n) is 6.36. The highest BCUT2D eigenvalue weighted by Crippen LogP contribution is 2.22. The molecule has 0 bridgehead atoms. The molecular formula is C20H25N3O. The van der Waals surface area contributed by atoms with Crippen LogP contribution in [0.3, 0.4) is 0 Å². The molecule has 4 nitrogen and oxygen atoms in total. The monoisotopic (exact) mass is 323 g/mol. The van der Waals surface area contributed by atoms with Gasteiger partial charge in [-0.3, -0.25) is 9.69 Å². The van der Waals surface area contributed by atoms with Crippen molar-refractivity contribution in [2.75, 3.05) is 33.2 Å². The van der Waals surface area contributed by atoms with E-state index in [-0.39, 0.29) is 11.9 Å². The lowest BCUT2D eigenvalue weighted by Crippen LogP contribution is -2.49. The fourth-order valence-electron chi connectivity index (χ4n) is 3.13. The van der Waals surface area contributed by atoms with Gasteiger partial charge in [-0.15, -0.1) is 0 Å². The summed E-state index contributed by atoms with van der Waals surface area (Å²) in [6.07, 6.45) is 0. The molecule has 1 heterocycles. The lowest BCUT2D eigenvalue weighted by molar-refractivity contribution is -0.127. The SMILES string of the molecule is CN1CCN(C(C(=O)NCc2ccccc2)c2ccccc2)CC1. The van der Waals surface area contributed by atoms with E-state index < -0.39 is 0 Å². The Kier molecular flexibility index (Phi) is 5.62. The van der Waals surface area contributed by atoms with Crippen LogP contribution in [0.4, 0.5) is 0 Å². The molecular weight excluding hydrogens is 298 g/mol. The Morgan fingerprint density at radius 2 is 1.54 bits per heavy atom. The number of carbonyl (C=O) groups excluding carboxylic acids is 1. The van der Waals surface area contributed by atoms with E-state index in [9.17, 15) is 4.79 Å². The van der Waals surface area contributed by atoms with Crippen molar-refractivity contribution >= 4 is 5.91 Å². The summed E-state index contributed by atoms with van der Waals surface area (Å²) in [5.74, 6) is 0.0783. The van der Waals surface area contributed by atoms with Crippen LogP contribution in [0.2, 0.25) is 0 Å². The second-order valence-corrected chi connectivity index (χ2v) is 6.36. The highest BCUT2D eigenvalue weighted by atomic mass is 16.2. The summed E-state index contributed by atoms with van der Waals surface area (Å²) in [5, 5.41) is 3.11. The van der Waals surface area contributed by atoms with Crippen LogP contribution < -0.4 is 5.32 Å². The first-order valence-electron chi connectivity index (χ1n) is 8.53. The molecule has 1 aliphatic heterocycles. The number of rotatable bonds is 5. The summed E-state index contributed by atoms with van der Waals surface area (Å²) in [7, 11) is 2.13. The van der Waals surface area contributed by atoms with Gasteiger partial charge in [0.2, 0.25) is 5.91 Å². The van der Waals surface area contributed by atoms with Crippen LogP contribution in [-0.2, 0) is 11.3 Å². The predicted octanol–water partition coefficient (Wildman–Crippen LogP) is 2.29. The smallest absolute Gasteiger partial charge is 0.242 e. The predicted molar refractivity (Wildman–Crippen MR) is 96.5 cm³/mol. The molecule has 0 aromatic heterocycles. The molecule has 4 heteroatoms. The number of nitrogens with one attached hydrogen (secondary N) is 1. The van der Waals surface area contributed by atoms with E-state index in [4.69, 9.17) is 0 Å². The van der Waals surface area contributed by atoms with Crippen LogP contribution in [0.1, 0.15) is 17.2 Å². The van der Waals surface area contributed by atoms with Gasteiger partial charge in [0.05, 0.1) is 0 Å². The van der Waals surface area contributed by atoms with E-state index in [0.29, 0.717) is 6.54 Å². The Morgan fingerprint density at radius 1 is 0.958 bits per heavy atom. The molecule has 0 radical (unpaired) electrons. The third-order valence-corrected chi connectivity index (χ3v) is 4.58. The molecule has 126 valence electrons. The maximum absolute atomic E-state index is 12.9. The van der Waals surface area contributed by atoms with Crippen LogP contribution >= 0.6 is 0 Å². The molecule has 1 atom stereocenters. The lowest BCUT2D eigenvalue weighted by Gasteiger charge is -2.37. The van der Waals surface area contributed by atoms with Gasteiger partial charge in [-0.05, 0) is 18.2 Å². The molecule has 1 unspecified atom stereocenters. The number of hydrogen-bond donors (Lipinski definition) is 1. The normalized spacial score (nSPS) is 17.4. The zero-order valence-electron chi connectivity index (χ0n) is 14.2. The minimum atomic E-state index is -0.219. The molecule has 1 aliphatic rings. The van der Waals surface area contributed by atoms with Crippen molar-refractivity contribution in [2.24, 2.45) is 0 Å². The molecule has 0 aliphatic carbocycles. The number of piperazine rings is 1. The summed E-state index contributed by atoms with van der Waals surface area (Å²) in [4.78, 5) is 17.5. The van der Waals surface area contributed by atoms with Crippen LogP contribution in [0.15, 0.2) is 60.7 Å². The number of likely N-dealkylation sites (N-methyl/N-ethyl adjacent to an activating group) is 1. The van der Waals surface area contributed by atoms with Gasteiger partial charge in [-0.25, -0.2) is 0 Å². The van der Waals surface area contributed by atoms with E-state index in [0.717, 1.165) is 37.3 Å². The zero-order chi connectivity index (χ0) is 16.8. The van der Waals surface area contributed by atoms with Crippen molar-refractivity contribution in [1.29, 1.82) is 0 Å². The van der Waals surface area contributed by atoms with Crippen molar-refractivity contribution in [2.45, 2.75) is 12.6 Å². The van der Waals surface area contributed by atoms with Crippen LogP contribution in [0.5, 0.6) is 0 Å². The van der Waals surface area contributed by atoms with Crippen molar-refractivity contribution in [3.63, 3.8) is 0 Å². The van der Waals surface area contributed by atoms with E-state index in [1.807, 2.05) is 60.7 Å². The Morgan fingerprint density at radius 3 is 2.17 bits per heavy atom. The summed E-state index contributed by atoms with van der Waals surface area (Å²) < 4.78 is 0. The van der Waals surface area contributed by atoms with Crippen LogP contribution in [0.25, 0.3) is 0 Å². The van der Waals surface area contributed by atoms with Gasteiger partial charge in [-0.2, -0.15) is 0 Å². The fourth-order valence-corrected chi connectivity index (χ4v) is 3.13. The molecule has 1 amide bonds. The third-order valence-electron chi connectivity index (χ3n) is 4.58. The van der Waals surface area contributed by atoms with E-state index in [1.54, 1.807) is 0 Å². The minimum Gasteiger partial charge on any atom is -0.350 e. The standard InChI is InChI=1S/C20H25N3O/c1-22-12-14-23(15-13-22)19(18-10-6-3-7-11-18)20(24)21-16-17-8-4-2-5-9-17/h2-11,19H,12-16H2,1H3,(H,21,24). The molecule has 2 aromatic carbocycles. The highest BCUT2D eigenvalue weighted by molar-refractivity contribution is 5.83. The van der Waals surface area contributed by atoms with Crippen molar-refractivity contribution in [1.82, 2.24) is 15.1 Å². The number of benzene rings is 2. The third kappa shape index (κ3) is 4.22. The van der Waals surface area contributed by atoms with Gasteiger partial charge in [0.15, 0.2) is 0 Å². The summed E-state index contributed by atoms with van der Waals surface area (Å²) in [5.41, 5.74) is 2.18. The Labute approximate surface area is 144 Å². The van der Waals surface area contributed by atoms with Gasteiger partial charge < -0.3 is 10.2 Å². The van der Waals surface area contributed by atoms with Crippen LogP contribution in [0, 0.1) is 0 Å². The molecule has 2 aromatic rings. The van der Waals surface area contributed by atoms with Gasteiger partial charge in [0.25, 0.3) is 0 Å². The summed E-state index contributed by atoms with van der Waals surface area (Å²) >= 11 is 0. The Balaban J connectivity index is 1.72. The van der Waals surface area contributed by atoms with Gasteiger partial charge in [0, 0.05) is 32.7 Å². The average Bonchev–Trinajstić information content (AvgIpc) is 2.64.